The summed E-state index contributed by atoms with van der Waals surface area (Å²) in [5.41, 5.74) is 2.69. The largest absolute Gasteiger partial charge is 0.480 e. The van der Waals surface area contributed by atoms with Gasteiger partial charge in [-0.3, -0.25) is 9.48 Å². The molecular formula is C17H29N3O3. The highest BCUT2D eigenvalue weighted by atomic mass is 16.4. The molecule has 1 heterocycles. The highest BCUT2D eigenvalue weighted by Gasteiger charge is 2.26. The van der Waals surface area contributed by atoms with Crippen molar-refractivity contribution in [2.24, 2.45) is 11.8 Å². The van der Waals surface area contributed by atoms with E-state index in [1.54, 1.807) is 0 Å². The molecule has 6 nitrogen and oxygen atoms in total. The third-order valence-electron chi connectivity index (χ3n) is 4.20. The molecule has 0 bridgehead atoms. The van der Waals surface area contributed by atoms with Gasteiger partial charge in [-0.1, -0.05) is 34.1 Å². The van der Waals surface area contributed by atoms with Crippen LogP contribution >= 0.6 is 0 Å². The Kier molecular flexibility index (Phi) is 6.79. The van der Waals surface area contributed by atoms with Crippen molar-refractivity contribution in [1.82, 2.24) is 15.1 Å². The monoisotopic (exact) mass is 323 g/mol. The molecule has 0 radical (unpaired) electrons. The number of carboxylic acid groups (broad SMARTS) is 1. The molecule has 130 valence electrons. The van der Waals surface area contributed by atoms with E-state index < -0.39 is 12.0 Å². The smallest absolute Gasteiger partial charge is 0.326 e. The van der Waals surface area contributed by atoms with Crippen LogP contribution in [0.1, 0.15) is 51.1 Å². The zero-order chi connectivity index (χ0) is 17.7. The Labute approximate surface area is 138 Å². The summed E-state index contributed by atoms with van der Waals surface area (Å²) in [5, 5.41) is 16.4. The van der Waals surface area contributed by atoms with Crippen molar-refractivity contribution in [1.29, 1.82) is 0 Å². The van der Waals surface area contributed by atoms with E-state index in [2.05, 4.69) is 24.3 Å². The minimum Gasteiger partial charge on any atom is -0.480 e. The van der Waals surface area contributed by atoms with Gasteiger partial charge < -0.3 is 10.4 Å². The molecule has 1 rings (SSSR count). The lowest BCUT2D eigenvalue weighted by molar-refractivity contribution is -0.143. The van der Waals surface area contributed by atoms with Crippen molar-refractivity contribution in [3.8, 4) is 0 Å². The fraction of sp³-hybridized carbons (Fsp3) is 0.706. The van der Waals surface area contributed by atoms with Crippen LogP contribution in [0.25, 0.3) is 0 Å². The molecule has 0 saturated heterocycles. The molecule has 0 aromatic carbocycles. The minimum absolute atomic E-state index is 0.109. The molecule has 0 saturated carbocycles. The van der Waals surface area contributed by atoms with E-state index in [9.17, 15) is 14.7 Å². The van der Waals surface area contributed by atoms with Gasteiger partial charge in [-0.2, -0.15) is 5.10 Å². The van der Waals surface area contributed by atoms with Crippen LogP contribution in [-0.4, -0.2) is 32.8 Å². The van der Waals surface area contributed by atoms with Gasteiger partial charge in [0.15, 0.2) is 0 Å². The molecule has 0 fully saturated rings. The first-order valence-electron chi connectivity index (χ1n) is 8.22. The molecule has 0 spiro atoms. The quantitative estimate of drug-likeness (QED) is 0.769. The van der Waals surface area contributed by atoms with Gasteiger partial charge in [0.1, 0.15) is 6.04 Å². The highest BCUT2D eigenvalue weighted by molar-refractivity contribution is 5.85. The Bertz CT molecular complexity index is 564. The summed E-state index contributed by atoms with van der Waals surface area (Å²) < 4.78 is 1.92. The number of carbonyl (C=O) groups excluding carboxylic acids is 1. The van der Waals surface area contributed by atoms with E-state index in [0.29, 0.717) is 12.3 Å². The van der Waals surface area contributed by atoms with Gasteiger partial charge in [0, 0.05) is 17.8 Å². The molecule has 2 N–H and O–H groups in total. The number of hydrogen-bond donors (Lipinski definition) is 2. The second-order valence-electron chi connectivity index (χ2n) is 6.67. The molecule has 0 aliphatic rings. The molecule has 2 unspecified atom stereocenters. The summed E-state index contributed by atoms with van der Waals surface area (Å²) in [7, 11) is 0. The Morgan fingerprint density at radius 2 is 1.87 bits per heavy atom. The van der Waals surface area contributed by atoms with Crippen LogP contribution < -0.4 is 5.32 Å². The number of aliphatic carboxylic acids is 1. The van der Waals surface area contributed by atoms with Crippen LogP contribution in [0.4, 0.5) is 0 Å². The molecule has 6 heteroatoms. The first kappa shape index (κ1) is 19.2. The van der Waals surface area contributed by atoms with Crippen LogP contribution in [0.15, 0.2) is 0 Å². The third-order valence-corrected chi connectivity index (χ3v) is 4.20. The summed E-state index contributed by atoms with van der Waals surface area (Å²) in [6.07, 6.45) is 0.859. The fourth-order valence-electron chi connectivity index (χ4n) is 2.58. The molecule has 1 aromatic rings. The van der Waals surface area contributed by atoms with Crippen LogP contribution in [-0.2, 0) is 22.6 Å². The fourth-order valence-corrected chi connectivity index (χ4v) is 2.58. The van der Waals surface area contributed by atoms with Crippen LogP contribution in [0, 0.1) is 25.7 Å². The van der Waals surface area contributed by atoms with E-state index in [4.69, 9.17) is 0 Å². The van der Waals surface area contributed by atoms with Gasteiger partial charge in [0.05, 0.1) is 12.1 Å². The topological polar surface area (TPSA) is 84.2 Å². The number of carbonyl (C=O) groups is 2. The van der Waals surface area contributed by atoms with Crippen molar-refractivity contribution >= 4 is 11.9 Å². The van der Waals surface area contributed by atoms with Crippen LogP contribution in [0.5, 0.6) is 0 Å². The molecule has 1 amide bonds. The first-order chi connectivity index (χ1) is 10.7. The first-order valence-corrected chi connectivity index (χ1v) is 8.22. The van der Waals surface area contributed by atoms with Crippen molar-refractivity contribution in [3.05, 3.63) is 17.0 Å². The summed E-state index contributed by atoms with van der Waals surface area (Å²) >= 11 is 0. The molecular weight excluding hydrogens is 294 g/mol. The lowest BCUT2D eigenvalue weighted by Gasteiger charge is -2.20. The van der Waals surface area contributed by atoms with Crippen molar-refractivity contribution < 1.29 is 14.7 Å². The van der Waals surface area contributed by atoms with Gasteiger partial charge in [-0.05, 0) is 25.7 Å². The van der Waals surface area contributed by atoms with Crippen molar-refractivity contribution in [2.45, 2.75) is 67.0 Å². The SMILES string of the molecule is CCC(C)C(NC(=O)Cc1c(C)nn(CC(C)C)c1C)C(=O)O. The lowest BCUT2D eigenvalue weighted by atomic mass is 9.99. The Balaban J connectivity index is 2.85. The summed E-state index contributed by atoms with van der Waals surface area (Å²) in [4.78, 5) is 23.6. The number of carboxylic acids is 1. The predicted molar refractivity (Wildman–Crippen MR) is 89.3 cm³/mol. The average molecular weight is 323 g/mol. The predicted octanol–water partition coefficient (Wildman–Crippen LogP) is 2.31. The number of aromatic nitrogens is 2. The molecule has 23 heavy (non-hydrogen) atoms. The van der Waals surface area contributed by atoms with Gasteiger partial charge in [0.25, 0.3) is 0 Å². The maximum atomic E-state index is 12.3. The molecule has 0 aliphatic carbocycles. The van der Waals surface area contributed by atoms with E-state index in [1.807, 2.05) is 32.4 Å². The summed E-state index contributed by atoms with van der Waals surface area (Å²) in [6.45, 7) is 12.6. The Morgan fingerprint density at radius 3 is 2.35 bits per heavy atom. The molecule has 0 aliphatic heterocycles. The molecule has 1 aromatic heterocycles. The lowest BCUT2D eigenvalue weighted by Crippen LogP contribution is -2.45. The van der Waals surface area contributed by atoms with Gasteiger partial charge in [0.2, 0.25) is 5.91 Å². The maximum absolute atomic E-state index is 12.3. The van der Waals surface area contributed by atoms with E-state index in [-0.39, 0.29) is 18.2 Å². The van der Waals surface area contributed by atoms with Gasteiger partial charge in [-0.15, -0.1) is 0 Å². The Morgan fingerprint density at radius 1 is 1.26 bits per heavy atom. The van der Waals surface area contributed by atoms with E-state index in [0.717, 1.165) is 23.5 Å². The summed E-state index contributed by atoms with van der Waals surface area (Å²) in [6, 6.07) is -0.848. The standard InChI is InChI=1S/C17H29N3O3/c1-7-11(4)16(17(22)23)18-15(21)8-14-12(5)19-20(13(14)6)9-10(2)3/h10-11,16H,7-9H2,1-6H3,(H,18,21)(H,22,23). The number of nitrogens with zero attached hydrogens (tertiary/aromatic N) is 2. The zero-order valence-corrected chi connectivity index (χ0v) is 15.0. The van der Waals surface area contributed by atoms with Crippen LogP contribution in [0.2, 0.25) is 0 Å². The zero-order valence-electron chi connectivity index (χ0n) is 15.0. The van der Waals surface area contributed by atoms with E-state index >= 15 is 0 Å². The highest BCUT2D eigenvalue weighted by Crippen LogP contribution is 2.16. The second-order valence-corrected chi connectivity index (χ2v) is 6.67. The normalized spacial score (nSPS) is 13.9. The third kappa shape index (κ3) is 5.08. The Hall–Kier alpha value is -1.85. The maximum Gasteiger partial charge on any atom is 0.326 e. The number of aryl methyl sites for hydroxylation is 1. The minimum atomic E-state index is -0.989. The van der Waals surface area contributed by atoms with Gasteiger partial charge in [-0.25, -0.2) is 4.79 Å². The number of hydrogen-bond acceptors (Lipinski definition) is 3. The average Bonchev–Trinajstić information content (AvgIpc) is 2.70. The van der Waals surface area contributed by atoms with Crippen molar-refractivity contribution in [3.63, 3.8) is 0 Å². The number of amides is 1. The van der Waals surface area contributed by atoms with Gasteiger partial charge >= 0.3 is 5.97 Å². The van der Waals surface area contributed by atoms with E-state index in [1.165, 1.54) is 0 Å². The summed E-state index contributed by atoms with van der Waals surface area (Å²) in [5.74, 6) is -0.900. The molecule has 2 atom stereocenters. The van der Waals surface area contributed by atoms with Crippen molar-refractivity contribution in [2.75, 3.05) is 0 Å². The second kappa shape index (κ2) is 8.13. The number of rotatable bonds is 8. The number of nitrogens with one attached hydrogen (secondary N) is 1. The van der Waals surface area contributed by atoms with Crippen LogP contribution in [0.3, 0.4) is 0 Å².